The molecular formula is C17H21F3N2O. The predicted octanol–water partition coefficient (Wildman–Crippen LogP) is 3.18. The number of nitrogens with zero attached hydrogens (tertiary/aromatic N) is 1. The van der Waals surface area contributed by atoms with Crippen LogP contribution >= 0.6 is 0 Å². The summed E-state index contributed by atoms with van der Waals surface area (Å²) in [6, 6.07) is 5.05. The summed E-state index contributed by atoms with van der Waals surface area (Å²) >= 11 is 0. The average molecular weight is 326 g/mol. The first-order chi connectivity index (χ1) is 10.8. The van der Waals surface area contributed by atoms with Crippen molar-refractivity contribution >= 4 is 11.5 Å². The van der Waals surface area contributed by atoms with E-state index in [0.717, 1.165) is 25.1 Å². The summed E-state index contributed by atoms with van der Waals surface area (Å²) in [5, 5.41) is 3.10. The van der Waals surface area contributed by atoms with E-state index in [2.05, 4.69) is 5.32 Å². The van der Waals surface area contributed by atoms with E-state index in [0.29, 0.717) is 30.1 Å². The molecular weight excluding hydrogens is 305 g/mol. The molecule has 0 spiro atoms. The highest BCUT2D eigenvalue weighted by Crippen LogP contribution is 2.31. The molecule has 126 valence electrons. The molecule has 1 saturated heterocycles. The molecule has 0 aromatic heterocycles. The first-order valence-corrected chi connectivity index (χ1v) is 7.60. The SMILES string of the molecule is CNCC1CCN(C(=O)C=C(C)c2cccc(C(F)(F)F)c2)C1. The predicted molar refractivity (Wildman–Crippen MR) is 83.7 cm³/mol. The van der Waals surface area contributed by atoms with Crippen molar-refractivity contribution in [2.24, 2.45) is 5.92 Å². The number of hydrogen-bond donors (Lipinski definition) is 1. The molecule has 1 amide bonds. The Bertz CT molecular complexity index is 596. The third kappa shape index (κ3) is 4.58. The number of nitrogens with one attached hydrogen (secondary N) is 1. The summed E-state index contributed by atoms with van der Waals surface area (Å²) in [7, 11) is 1.88. The Balaban J connectivity index is 2.09. The van der Waals surface area contributed by atoms with E-state index < -0.39 is 11.7 Å². The van der Waals surface area contributed by atoms with Gasteiger partial charge in [-0.2, -0.15) is 13.2 Å². The highest BCUT2D eigenvalue weighted by Gasteiger charge is 2.30. The highest BCUT2D eigenvalue weighted by atomic mass is 19.4. The number of halogens is 3. The van der Waals surface area contributed by atoms with Gasteiger partial charge in [-0.3, -0.25) is 4.79 Å². The van der Waals surface area contributed by atoms with Crippen LogP contribution in [-0.4, -0.2) is 37.5 Å². The Labute approximate surface area is 134 Å². The molecule has 0 bridgehead atoms. The number of benzene rings is 1. The third-order valence-corrected chi connectivity index (χ3v) is 4.08. The molecule has 1 aromatic carbocycles. The zero-order chi connectivity index (χ0) is 17.0. The topological polar surface area (TPSA) is 32.3 Å². The van der Waals surface area contributed by atoms with Crippen molar-refractivity contribution < 1.29 is 18.0 Å². The second kappa shape index (κ2) is 7.17. The van der Waals surface area contributed by atoms with Crippen molar-refractivity contribution in [3.05, 3.63) is 41.5 Å². The van der Waals surface area contributed by atoms with Gasteiger partial charge in [0.15, 0.2) is 0 Å². The number of rotatable bonds is 4. The molecule has 1 atom stereocenters. The van der Waals surface area contributed by atoms with Crippen LogP contribution in [0, 0.1) is 5.92 Å². The number of carbonyl (C=O) groups excluding carboxylic acids is 1. The Morgan fingerprint density at radius 2 is 2.17 bits per heavy atom. The number of hydrogen-bond acceptors (Lipinski definition) is 2. The van der Waals surface area contributed by atoms with E-state index in [1.165, 1.54) is 12.1 Å². The van der Waals surface area contributed by atoms with Gasteiger partial charge in [-0.25, -0.2) is 0 Å². The molecule has 1 aromatic rings. The number of alkyl halides is 3. The van der Waals surface area contributed by atoms with Crippen LogP contribution in [0.5, 0.6) is 0 Å². The van der Waals surface area contributed by atoms with Crippen molar-refractivity contribution in [1.82, 2.24) is 10.2 Å². The van der Waals surface area contributed by atoms with Crippen LogP contribution in [0.4, 0.5) is 13.2 Å². The lowest BCUT2D eigenvalue weighted by Crippen LogP contribution is -2.29. The van der Waals surface area contributed by atoms with Crippen LogP contribution in [0.15, 0.2) is 30.3 Å². The third-order valence-electron chi connectivity index (χ3n) is 4.08. The molecule has 1 fully saturated rings. The van der Waals surface area contributed by atoms with E-state index in [4.69, 9.17) is 0 Å². The molecule has 1 heterocycles. The van der Waals surface area contributed by atoms with E-state index in [9.17, 15) is 18.0 Å². The van der Waals surface area contributed by atoms with Crippen LogP contribution in [-0.2, 0) is 11.0 Å². The second-order valence-electron chi connectivity index (χ2n) is 5.90. The Hall–Kier alpha value is -1.82. The first-order valence-electron chi connectivity index (χ1n) is 7.60. The fourth-order valence-corrected chi connectivity index (χ4v) is 2.79. The minimum Gasteiger partial charge on any atom is -0.339 e. The average Bonchev–Trinajstić information content (AvgIpc) is 2.95. The van der Waals surface area contributed by atoms with Crippen molar-refractivity contribution in [1.29, 1.82) is 0 Å². The molecule has 3 nitrogen and oxygen atoms in total. The zero-order valence-electron chi connectivity index (χ0n) is 13.3. The standard InChI is InChI=1S/C17H21F3N2O/c1-12(14-4-3-5-15(9-14)17(18,19)20)8-16(23)22-7-6-13(11-22)10-21-2/h3-5,8-9,13,21H,6-7,10-11H2,1-2H3. The van der Waals surface area contributed by atoms with Gasteiger partial charge >= 0.3 is 6.18 Å². The first kappa shape index (κ1) is 17.5. The smallest absolute Gasteiger partial charge is 0.339 e. The van der Waals surface area contributed by atoms with E-state index in [-0.39, 0.29) is 5.91 Å². The minimum absolute atomic E-state index is 0.140. The monoisotopic (exact) mass is 326 g/mol. The van der Waals surface area contributed by atoms with Gasteiger partial charge < -0.3 is 10.2 Å². The molecule has 1 N–H and O–H groups in total. The molecule has 0 aliphatic carbocycles. The molecule has 2 rings (SSSR count). The van der Waals surface area contributed by atoms with E-state index >= 15 is 0 Å². The second-order valence-corrected chi connectivity index (χ2v) is 5.90. The van der Waals surface area contributed by atoms with Crippen LogP contribution in [0.3, 0.4) is 0 Å². The molecule has 6 heteroatoms. The largest absolute Gasteiger partial charge is 0.416 e. The molecule has 0 radical (unpaired) electrons. The zero-order valence-corrected chi connectivity index (χ0v) is 13.3. The maximum atomic E-state index is 12.8. The van der Waals surface area contributed by atoms with Gasteiger partial charge in [-0.05, 0) is 56.1 Å². The van der Waals surface area contributed by atoms with Crippen molar-refractivity contribution in [3.63, 3.8) is 0 Å². The summed E-state index contributed by atoms with van der Waals surface area (Å²) < 4.78 is 38.3. The maximum Gasteiger partial charge on any atom is 0.416 e. The highest BCUT2D eigenvalue weighted by molar-refractivity contribution is 5.95. The lowest BCUT2D eigenvalue weighted by Gasteiger charge is -2.15. The molecule has 23 heavy (non-hydrogen) atoms. The summed E-state index contributed by atoms with van der Waals surface area (Å²) in [4.78, 5) is 14.0. The van der Waals surface area contributed by atoms with Gasteiger partial charge in [0.1, 0.15) is 0 Å². The lowest BCUT2D eigenvalue weighted by molar-refractivity contribution is -0.137. The maximum absolute atomic E-state index is 12.8. The van der Waals surface area contributed by atoms with Crippen LogP contribution in [0.25, 0.3) is 5.57 Å². The van der Waals surface area contributed by atoms with Gasteiger partial charge in [0.25, 0.3) is 0 Å². The molecule has 1 aliphatic heterocycles. The van der Waals surface area contributed by atoms with E-state index in [1.807, 2.05) is 7.05 Å². The number of allylic oxidation sites excluding steroid dienone is 1. The van der Waals surface area contributed by atoms with Crippen molar-refractivity contribution in [3.8, 4) is 0 Å². The number of carbonyl (C=O) groups is 1. The van der Waals surface area contributed by atoms with Gasteiger partial charge in [-0.15, -0.1) is 0 Å². The van der Waals surface area contributed by atoms with E-state index in [1.54, 1.807) is 17.9 Å². The summed E-state index contributed by atoms with van der Waals surface area (Å²) in [6.45, 7) is 3.90. The van der Waals surface area contributed by atoms with Crippen molar-refractivity contribution in [2.75, 3.05) is 26.7 Å². The number of amides is 1. The van der Waals surface area contributed by atoms with Gasteiger partial charge in [0, 0.05) is 19.2 Å². The van der Waals surface area contributed by atoms with Crippen LogP contribution in [0.2, 0.25) is 0 Å². The Morgan fingerprint density at radius 1 is 1.43 bits per heavy atom. The fraction of sp³-hybridized carbons (Fsp3) is 0.471. The Kier molecular flexibility index (Phi) is 5.46. The lowest BCUT2D eigenvalue weighted by atomic mass is 10.0. The molecule has 0 saturated carbocycles. The van der Waals surface area contributed by atoms with Crippen molar-refractivity contribution in [2.45, 2.75) is 19.5 Å². The molecule has 1 aliphatic rings. The van der Waals surface area contributed by atoms with Crippen LogP contribution in [0.1, 0.15) is 24.5 Å². The quantitative estimate of drug-likeness (QED) is 0.862. The van der Waals surface area contributed by atoms with Gasteiger partial charge in [0.2, 0.25) is 5.91 Å². The van der Waals surface area contributed by atoms with Crippen LogP contribution < -0.4 is 5.32 Å². The summed E-state index contributed by atoms with van der Waals surface area (Å²) in [5.41, 5.74) is 0.253. The minimum atomic E-state index is -4.38. The molecule has 1 unspecified atom stereocenters. The van der Waals surface area contributed by atoms with Gasteiger partial charge in [0.05, 0.1) is 5.56 Å². The number of likely N-dealkylation sites (tertiary alicyclic amines) is 1. The van der Waals surface area contributed by atoms with Gasteiger partial charge in [-0.1, -0.05) is 12.1 Å². The Morgan fingerprint density at radius 3 is 2.83 bits per heavy atom. The summed E-state index contributed by atoms with van der Waals surface area (Å²) in [5.74, 6) is 0.296. The normalized spacial score (nSPS) is 19.3. The summed E-state index contributed by atoms with van der Waals surface area (Å²) in [6.07, 6.45) is -2.00. The fourth-order valence-electron chi connectivity index (χ4n) is 2.79.